The molecule has 0 aliphatic rings. The van der Waals surface area contributed by atoms with Crippen LogP contribution in [0.3, 0.4) is 0 Å². The van der Waals surface area contributed by atoms with E-state index in [1.165, 1.54) is 6.20 Å². The lowest BCUT2D eigenvalue weighted by Gasteiger charge is -1.97. The van der Waals surface area contributed by atoms with Crippen molar-refractivity contribution < 1.29 is 4.92 Å². The molecule has 2 N–H and O–H groups in total. The molecule has 0 amide bonds. The minimum atomic E-state index is -0.595. The fourth-order valence-electron chi connectivity index (χ4n) is 0.594. The van der Waals surface area contributed by atoms with Gasteiger partial charge in [0.2, 0.25) is 0 Å². The first-order valence-electron chi connectivity index (χ1n) is 2.69. The zero-order valence-corrected chi connectivity index (χ0v) is 6.28. The number of aromatic nitrogens is 1. The maximum absolute atomic E-state index is 10.2. The third-order valence-corrected chi connectivity index (χ3v) is 1.50. The standard InChI is InChI=1S/C5H5N3O2S/c6-5-3(8(9)10)1-7-2-4(5)11/h1-2,11H,(H2,6,7). The summed E-state index contributed by atoms with van der Waals surface area (Å²) in [5.74, 6) is 0. The average Bonchev–Trinajstić information content (AvgIpc) is 1.94. The van der Waals surface area contributed by atoms with E-state index in [0.29, 0.717) is 4.90 Å². The minimum Gasteiger partial charge on any atom is -0.392 e. The van der Waals surface area contributed by atoms with Crippen molar-refractivity contribution in [2.75, 3.05) is 5.73 Å². The SMILES string of the molecule is Nc1c(S)cncc1[N+](=O)[O-]. The molecule has 1 heterocycles. The van der Waals surface area contributed by atoms with Crippen molar-refractivity contribution in [2.45, 2.75) is 4.90 Å². The Labute approximate surface area is 67.8 Å². The molecule has 0 spiro atoms. The number of pyridine rings is 1. The highest BCUT2D eigenvalue weighted by Crippen LogP contribution is 2.25. The van der Waals surface area contributed by atoms with Crippen molar-refractivity contribution in [1.82, 2.24) is 4.98 Å². The predicted molar refractivity (Wildman–Crippen MR) is 42.6 cm³/mol. The van der Waals surface area contributed by atoms with Gasteiger partial charge in [-0.2, -0.15) is 0 Å². The number of thiol groups is 1. The van der Waals surface area contributed by atoms with E-state index < -0.39 is 4.92 Å². The first kappa shape index (κ1) is 7.80. The molecule has 0 fully saturated rings. The number of hydrogen-bond acceptors (Lipinski definition) is 5. The lowest BCUT2D eigenvalue weighted by atomic mass is 10.4. The smallest absolute Gasteiger partial charge is 0.311 e. The summed E-state index contributed by atoms with van der Waals surface area (Å²) in [6.45, 7) is 0. The van der Waals surface area contributed by atoms with Gasteiger partial charge in [0.15, 0.2) is 0 Å². The van der Waals surface area contributed by atoms with E-state index in [1.807, 2.05) is 0 Å². The van der Waals surface area contributed by atoms with Gasteiger partial charge in [0.25, 0.3) is 0 Å². The summed E-state index contributed by atoms with van der Waals surface area (Å²) >= 11 is 3.87. The second kappa shape index (κ2) is 2.75. The van der Waals surface area contributed by atoms with Gasteiger partial charge in [-0.3, -0.25) is 15.1 Å². The van der Waals surface area contributed by atoms with Gasteiger partial charge in [0.05, 0.1) is 9.82 Å². The van der Waals surface area contributed by atoms with E-state index in [-0.39, 0.29) is 11.4 Å². The zero-order valence-electron chi connectivity index (χ0n) is 5.39. The van der Waals surface area contributed by atoms with Gasteiger partial charge in [-0.1, -0.05) is 0 Å². The van der Waals surface area contributed by atoms with Crippen molar-refractivity contribution in [3.8, 4) is 0 Å². The molecule has 0 saturated heterocycles. The topological polar surface area (TPSA) is 82.0 Å². The van der Waals surface area contributed by atoms with Gasteiger partial charge in [0.1, 0.15) is 11.9 Å². The lowest BCUT2D eigenvalue weighted by molar-refractivity contribution is -0.384. The summed E-state index contributed by atoms with van der Waals surface area (Å²) in [7, 11) is 0. The first-order chi connectivity index (χ1) is 5.13. The fraction of sp³-hybridized carbons (Fsp3) is 0. The van der Waals surface area contributed by atoms with E-state index >= 15 is 0 Å². The maximum Gasteiger partial charge on any atom is 0.311 e. The van der Waals surface area contributed by atoms with Gasteiger partial charge in [0, 0.05) is 6.20 Å². The molecule has 0 saturated carbocycles. The predicted octanol–water partition coefficient (Wildman–Crippen LogP) is 0.861. The van der Waals surface area contributed by atoms with E-state index in [0.717, 1.165) is 6.20 Å². The average molecular weight is 171 g/mol. The van der Waals surface area contributed by atoms with Crippen molar-refractivity contribution in [1.29, 1.82) is 0 Å². The third kappa shape index (κ3) is 1.40. The van der Waals surface area contributed by atoms with Crippen LogP contribution in [0.2, 0.25) is 0 Å². The Morgan fingerprint density at radius 3 is 2.73 bits per heavy atom. The number of nitrogen functional groups attached to an aromatic ring is 1. The number of nitrogens with two attached hydrogens (primary N) is 1. The van der Waals surface area contributed by atoms with Gasteiger partial charge in [-0.05, 0) is 0 Å². The first-order valence-corrected chi connectivity index (χ1v) is 3.14. The number of nitro groups is 1. The number of anilines is 1. The number of nitrogens with zero attached hydrogens (tertiary/aromatic N) is 2. The summed E-state index contributed by atoms with van der Waals surface area (Å²) in [5, 5.41) is 10.2. The number of rotatable bonds is 1. The molecule has 5 nitrogen and oxygen atoms in total. The van der Waals surface area contributed by atoms with Crippen LogP contribution in [0.1, 0.15) is 0 Å². The van der Waals surface area contributed by atoms with E-state index in [1.54, 1.807) is 0 Å². The molecule has 1 aromatic heterocycles. The molecule has 0 bridgehead atoms. The van der Waals surface area contributed by atoms with Crippen molar-refractivity contribution in [3.05, 3.63) is 22.5 Å². The van der Waals surface area contributed by atoms with Crippen LogP contribution < -0.4 is 5.73 Å². The van der Waals surface area contributed by atoms with Crippen molar-refractivity contribution >= 4 is 24.0 Å². The molecule has 6 heteroatoms. The van der Waals surface area contributed by atoms with Gasteiger partial charge >= 0.3 is 5.69 Å². The summed E-state index contributed by atoms with van der Waals surface area (Å²) in [6.07, 6.45) is 2.44. The third-order valence-electron chi connectivity index (χ3n) is 1.14. The highest BCUT2D eigenvalue weighted by atomic mass is 32.1. The van der Waals surface area contributed by atoms with Crippen LogP contribution >= 0.6 is 12.6 Å². The Morgan fingerprint density at radius 2 is 2.27 bits per heavy atom. The van der Waals surface area contributed by atoms with Crippen LogP contribution in [0, 0.1) is 10.1 Å². The van der Waals surface area contributed by atoms with Gasteiger partial charge in [-0.25, -0.2) is 0 Å². The molecule has 0 radical (unpaired) electrons. The van der Waals surface area contributed by atoms with E-state index in [4.69, 9.17) is 5.73 Å². The van der Waals surface area contributed by atoms with Gasteiger partial charge in [-0.15, -0.1) is 12.6 Å². The van der Waals surface area contributed by atoms with Crippen LogP contribution in [0.4, 0.5) is 11.4 Å². The Balaban J connectivity index is 3.27. The fourth-order valence-corrected chi connectivity index (χ4v) is 0.775. The highest BCUT2D eigenvalue weighted by molar-refractivity contribution is 7.80. The Morgan fingerprint density at radius 1 is 1.64 bits per heavy atom. The molecule has 0 aliphatic carbocycles. The largest absolute Gasteiger partial charge is 0.392 e. The number of hydrogen-bond donors (Lipinski definition) is 2. The summed E-state index contributed by atoms with van der Waals surface area (Å²) in [5.41, 5.74) is 5.16. The molecule has 58 valence electrons. The summed E-state index contributed by atoms with van der Waals surface area (Å²) < 4.78 is 0. The van der Waals surface area contributed by atoms with Crippen LogP contribution in [-0.4, -0.2) is 9.91 Å². The zero-order chi connectivity index (χ0) is 8.43. The molecule has 0 atom stereocenters. The Bertz CT molecular complexity index is 302. The summed E-state index contributed by atoms with van der Waals surface area (Å²) in [6, 6.07) is 0. The Hall–Kier alpha value is -1.30. The maximum atomic E-state index is 10.2. The normalized spacial score (nSPS) is 9.55. The van der Waals surface area contributed by atoms with Crippen LogP contribution in [0.25, 0.3) is 0 Å². The van der Waals surface area contributed by atoms with E-state index in [9.17, 15) is 10.1 Å². The second-order valence-corrected chi connectivity index (χ2v) is 2.33. The van der Waals surface area contributed by atoms with Crippen LogP contribution in [-0.2, 0) is 0 Å². The molecule has 11 heavy (non-hydrogen) atoms. The van der Waals surface area contributed by atoms with Crippen LogP contribution in [0.15, 0.2) is 17.3 Å². The highest BCUT2D eigenvalue weighted by Gasteiger charge is 2.12. The molecular formula is C5H5N3O2S. The van der Waals surface area contributed by atoms with E-state index in [2.05, 4.69) is 17.6 Å². The van der Waals surface area contributed by atoms with Crippen LogP contribution in [0.5, 0.6) is 0 Å². The molecular weight excluding hydrogens is 166 g/mol. The monoisotopic (exact) mass is 171 g/mol. The van der Waals surface area contributed by atoms with Crippen molar-refractivity contribution in [3.63, 3.8) is 0 Å². The summed E-state index contributed by atoms with van der Waals surface area (Å²) in [4.78, 5) is 13.5. The molecule has 1 rings (SSSR count). The molecule has 0 aromatic carbocycles. The molecule has 0 aliphatic heterocycles. The van der Waals surface area contributed by atoms with Crippen molar-refractivity contribution in [2.24, 2.45) is 0 Å². The molecule has 0 unspecified atom stereocenters. The second-order valence-electron chi connectivity index (χ2n) is 1.85. The molecule has 1 aromatic rings. The van der Waals surface area contributed by atoms with Gasteiger partial charge < -0.3 is 5.73 Å². The minimum absolute atomic E-state index is 0.0494. The quantitative estimate of drug-likeness (QED) is 0.373. The lowest BCUT2D eigenvalue weighted by Crippen LogP contribution is -1.97. The Kier molecular flexibility index (Phi) is 1.95.